The normalized spacial score (nSPS) is 17.6. The van der Waals surface area contributed by atoms with Gasteiger partial charge >= 0.3 is 5.97 Å². The fraction of sp³-hybridized carbons (Fsp3) is 0.533. The number of esters is 1. The number of likely N-dealkylation sites (N-methyl/N-ethyl adjacent to an activating group) is 1. The molecule has 0 radical (unpaired) electrons. The van der Waals surface area contributed by atoms with Crippen LogP contribution < -0.4 is 5.32 Å². The van der Waals surface area contributed by atoms with Crippen LogP contribution in [0.4, 0.5) is 0 Å². The van der Waals surface area contributed by atoms with Gasteiger partial charge in [-0.15, -0.1) is 0 Å². The third-order valence-electron chi connectivity index (χ3n) is 3.66. The number of hydrogen-bond acceptors (Lipinski definition) is 3. The Hall–Kier alpha value is -1.35. The summed E-state index contributed by atoms with van der Waals surface area (Å²) in [5.41, 5.74) is 1.03. The second-order valence-electron chi connectivity index (χ2n) is 4.90. The first kappa shape index (κ1) is 13.1. The van der Waals surface area contributed by atoms with E-state index in [1.54, 1.807) is 0 Å². The molecule has 2 rings (SSSR count). The molecule has 0 saturated heterocycles. The van der Waals surface area contributed by atoms with E-state index in [1.807, 2.05) is 37.4 Å². The minimum Gasteiger partial charge on any atom is -0.460 e. The lowest BCUT2D eigenvalue weighted by atomic mass is 9.98. The molecule has 0 spiro atoms. The van der Waals surface area contributed by atoms with Crippen molar-refractivity contribution in [2.75, 3.05) is 7.05 Å². The van der Waals surface area contributed by atoms with Crippen LogP contribution in [-0.2, 0) is 16.1 Å². The molecule has 1 N–H and O–H groups in total. The molecule has 1 aromatic rings. The average Bonchev–Trinajstić information content (AvgIpc) is 2.92. The van der Waals surface area contributed by atoms with E-state index >= 15 is 0 Å². The van der Waals surface area contributed by atoms with Gasteiger partial charge in [0.1, 0.15) is 12.6 Å². The number of carbonyl (C=O) groups excluding carboxylic acids is 1. The Balaban J connectivity index is 1.86. The van der Waals surface area contributed by atoms with Crippen molar-refractivity contribution < 1.29 is 9.53 Å². The summed E-state index contributed by atoms with van der Waals surface area (Å²) in [6, 6.07) is 9.66. The average molecular weight is 247 g/mol. The predicted molar refractivity (Wildman–Crippen MR) is 71.0 cm³/mol. The Labute approximate surface area is 109 Å². The van der Waals surface area contributed by atoms with Crippen LogP contribution in [0.3, 0.4) is 0 Å². The Morgan fingerprint density at radius 3 is 2.61 bits per heavy atom. The molecule has 1 fully saturated rings. The lowest BCUT2D eigenvalue weighted by Gasteiger charge is -2.21. The molecule has 3 heteroatoms. The van der Waals surface area contributed by atoms with Crippen molar-refractivity contribution >= 4 is 5.97 Å². The van der Waals surface area contributed by atoms with Crippen LogP contribution in [0.15, 0.2) is 30.3 Å². The largest absolute Gasteiger partial charge is 0.460 e. The third kappa shape index (κ3) is 3.33. The smallest absolute Gasteiger partial charge is 0.323 e. The van der Waals surface area contributed by atoms with Gasteiger partial charge in [-0.25, -0.2) is 0 Å². The van der Waals surface area contributed by atoms with Gasteiger partial charge in [0.05, 0.1) is 0 Å². The first-order valence-electron chi connectivity index (χ1n) is 6.69. The summed E-state index contributed by atoms with van der Waals surface area (Å²) < 4.78 is 5.39. The number of carbonyl (C=O) groups is 1. The maximum absolute atomic E-state index is 12.0. The van der Waals surface area contributed by atoms with Gasteiger partial charge in [0.15, 0.2) is 0 Å². The zero-order chi connectivity index (χ0) is 12.8. The Bertz CT molecular complexity index is 371. The molecule has 18 heavy (non-hydrogen) atoms. The molecule has 1 aromatic carbocycles. The Kier molecular flexibility index (Phi) is 4.76. The van der Waals surface area contributed by atoms with Crippen LogP contribution in [0, 0.1) is 5.92 Å². The van der Waals surface area contributed by atoms with Crippen molar-refractivity contribution in [3.8, 4) is 0 Å². The summed E-state index contributed by atoms with van der Waals surface area (Å²) in [6.07, 6.45) is 4.72. The minimum absolute atomic E-state index is 0.117. The van der Waals surface area contributed by atoms with E-state index in [0.29, 0.717) is 12.5 Å². The van der Waals surface area contributed by atoms with E-state index in [1.165, 1.54) is 12.8 Å². The first-order chi connectivity index (χ1) is 8.81. The number of hydrogen-bond donors (Lipinski definition) is 1. The lowest BCUT2D eigenvalue weighted by Crippen LogP contribution is -2.41. The van der Waals surface area contributed by atoms with Crippen LogP contribution in [0.25, 0.3) is 0 Å². The van der Waals surface area contributed by atoms with Crippen molar-refractivity contribution in [1.82, 2.24) is 5.32 Å². The fourth-order valence-corrected chi connectivity index (χ4v) is 2.66. The Morgan fingerprint density at radius 2 is 2.00 bits per heavy atom. The molecule has 1 aliphatic rings. The SMILES string of the molecule is CN[C@H](C(=O)OCc1ccccc1)C1CCCC1. The highest BCUT2D eigenvalue weighted by Gasteiger charge is 2.30. The lowest BCUT2D eigenvalue weighted by molar-refractivity contribution is -0.148. The van der Waals surface area contributed by atoms with Gasteiger partial charge in [-0.05, 0) is 31.4 Å². The zero-order valence-corrected chi connectivity index (χ0v) is 10.9. The third-order valence-corrected chi connectivity index (χ3v) is 3.66. The highest BCUT2D eigenvalue weighted by molar-refractivity contribution is 5.76. The maximum Gasteiger partial charge on any atom is 0.323 e. The van der Waals surface area contributed by atoms with Gasteiger partial charge < -0.3 is 10.1 Å². The minimum atomic E-state index is -0.142. The van der Waals surface area contributed by atoms with Crippen molar-refractivity contribution in [2.24, 2.45) is 5.92 Å². The van der Waals surface area contributed by atoms with Crippen molar-refractivity contribution in [3.05, 3.63) is 35.9 Å². The monoisotopic (exact) mass is 247 g/mol. The summed E-state index contributed by atoms with van der Waals surface area (Å²) in [7, 11) is 1.84. The van der Waals surface area contributed by atoms with Crippen molar-refractivity contribution in [1.29, 1.82) is 0 Å². The number of rotatable bonds is 5. The molecular formula is C15H21NO2. The van der Waals surface area contributed by atoms with E-state index < -0.39 is 0 Å². The molecule has 0 aromatic heterocycles. The van der Waals surface area contributed by atoms with Crippen LogP contribution in [-0.4, -0.2) is 19.1 Å². The predicted octanol–water partition coefficient (Wildman–Crippen LogP) is 2.51. The molecular weight excluding hydrogens is 226 g/mol. The van der Waals surface area contributed by atoms with E-state index in [2.05, 4.69) is 5.32 Å². The van der Waals surface area contributed by atoms with Crippen LogP contribution in [0.5, 0.6) is 0 Å². The van der Waals surface area contributed by atoms with Gasteiger partial charge in [0, 0.05) is 0 Å². The molecule has 0 aliphatic heterocycles. The fourth-order valence-electron chi connectivity index (χ4n) is 2.66. The topological polar surface area (TPSA) is 38.3 Å². The van der Waals surface area contributed by atoms with E-state index in [9.17, 15) is 4.79 Å². The number of nitrogens with one attached hydrogen (secondary N) is 1. The number of benzene rings is 1. The van der Waals surface area contributed by atoms with Crippen LogP contribution in [0.1, 0.15) is 31.2 Å². The highest BCUT2D eigenvalue weighted by atomic mass is 16.5. The standard InChI is InChI=1S/C15H21NO2/c1-16-14(13-9-5-6-10-13)15(17)18-11-12-7-3-2-4-8-12/h2-4,7-8,13-14,16H,5-6,9-11H2,1H3/t14-/m0/s1. The van der Waals surface area contributed by atoms with Crippen LogP contribution >= 0.6 is 0 Å². The molecule has 3 nitrogen and oxygen atoms in total. The zero-order valence-electron chi connectivity index (χ0n) is 10.9. The number of ether oxygens (including phenoxy) is 1. The van der Waals surface area contributed by atoms with Gasteiger partial charge in [0.25, 0.3) is 0 Å². The van der Waals surface area contributed by atoms with Crippen LogP contribution in [0.2, 0.25) is 0 Å². The molecule has 1 aliphatic carbocycles. The maximum atomic E-state index is 12.0. The first-order valence-corrected chi connectivity index (χ1v) is 6.69. The van der Waals surface area contributed by atoms with Gasteiger partial charge in [-0.2, -0.15) is 0 Å². The Morgan fingerprint density at radius 1 is 1.33 bits per heavy atom. The van der Waals surface area contributed by atoms with E-state index in [-0.39, 0.29) is 12.0 Å². The van der Waals surface area contributed by atoms with E-state index in [0.717, 1.165) is 18.4 Å². The molecule has 0 unspecified atom stereocenters. The van der Waals surface area contributed by atoms with Gasteiger partial charge in [-0.1, -0.05) is 43.2 Å². The quantitative estimate of drug-likeness (QED) is 0.812. The second kappa shape index (κ2) is 6.55. The second-order valence-corrected chi connectivity index (χ2v) is 4.90. The molecule has 1 saturated carbocycles. The summed E-state index contributed by atoms with van der Waals surface area (Å²) in [5, 5.41) is 3.11. The molecule has 1 atom stereocenters. The van der Waals surface area contributed by atoms with Crippen molar-refractivity contribution in [2.45, 2.75) is 38.3 Å². The van der Waals surface area contributed by atoms with Gasteiger partial charge in [0.2, 0.25) is 0 Å². The molecule has 0 heterocycles. The van der Waals surface area contributed by atoms with Crippen molar-refractivity contribution in [3.63, 3.8) is 0 Å². The molecule has 0 bridgehead atoms. The summed E-state index contributed by atoms with van der Waals surface area (Å²) >= 11 is 0. The highest BCUT2D eigenvalue weighted by Crippen LogP contribution is 2.28. The summed E-state index contributed by atoms with van der Waals surface area (Å²) in [6.45, 7) is 0.366. The van der Waals surface area contributed by atoms with E-state index in [4.69, 9.17) is 4.74 Å². The summed E-state index contributed by atoms with van der Waals surface area (Å²) in [5.74, 6) is 0.325. The molecule has 0 amide bonds. The van der Waals surface area contributed by atoms with Gasteiger partial charge in [-0.3, -0.25) is 4.79 Å². The molecule has 98 valence electrons. The summed E-state index contributed by atoms with van der Waals surface area (Å²) in [4.78, 5) is 12.0.